The molecule has 6 heteroatoms. The molecule has 0 saturated carbocycles. The third-order valence-corrected chi connectivity index (χ3v) is 2.67. The lowest BCUT2D eigenvalue weighted by atomic mass is 10.1. The minimum Gasteiger partial charge on any atom is -0.494 e. The van der Waals surface area contributed by atoms with Crippen molar-refractivity contribution in [2.45, 2.75) is 0 Å². The molecule has 0 aromatic heterocycles. The van der Waals surface area contributed by atoms with Crippen LogP contribution in [0, 0.1) is 11.6 Å². The van der Waals surface area contributed by atoms with Crippen molar-refractivity contribution >= 4 is 17.3 Å². The van der Waals surface area contributed by atoms with E-state index in [2.05, 4.69) is 5.32 Å². The summed E-state index contributed by atoms with van der Waals surface area (Å²) in [6.45, 7) is 0. The third kappa shape index (κ3) is 2.69. The highest BCUT2D eigenvalue weighted by molar-refractivity contribution is 5.95. The molecule has 2 rings (SSSR count). The van der Waals surface area contributed by atoms with Gasteiger partial charge in [-0.25, -0.2) is 13.6 Å². The molecule has 0 radical (unpaired) electrons. The van der Waals surface area contributed by atoms with E-state index in [-0.39, 0.29) is 22.7 Å². The summed E-state index contributed by atoms with van der Waals surface area (Å²) < 4.78 is 32.0. The van der Waals surface area contributed by atoms with Crippen LogP contribution in [0.2, 0.25) is 0 Å². The highest BCUT2D eigenvalue weighted by Crippen LogP contribution is 2.27. The van der Waals surface area contributed by atoms with Crippen LogP contribution in [-0.2, 0) is 0 Å². The van der Waals surface area contributed by atoms with Gasteiger partial charge in [0.15, 0.2) is 11.6 Å². The van der Waals surface area contributed by atoms with E-state index in [9.17, 15) is 13.6 Å². The summed E-state index contributed by atoms with van der Waals surface area (Å²) in [7, 11) is 1.32. The molecule has 0 heterocycles. The first-order valence-corrected chi connectivity index (χ1v) is 5.65. The average molecular weight is 279 g/mol. The molecular formula is C14H11F2NO3. The Labute approximate surface area is 113 Å². The van der Waals surface area contributed by atoms with Crippen LogP contribution >= 0.6 is 0 Å². The van der Waals surface area contributed by atoms with Crippen molar-refractivity contribution in [1.29, 1.82) is 0 Å². The Morgan fingerprint density at radius 1 is 1.20 bits per heavy atom. The first-order chi connectivity index (χ1) is 9.52. The molecule has 4 nitrogen and oxygen atoms in total. The number of para-hydroxylation sites is 1. The predicted octanol–water partition coefficient (Wildman–Crippen LogP) is 3.42. The fourth-order valence-corrected chi connectivity index (χ4v) is 1.72. The number of rotatable bonds is 4. The summed E-state index contributed by atoms with van der Waals surface area (Å²) in [6.07, 6.45) is 0. The molecule has 2 aromatic rings. The Bertz CT molecular complexity index is 659. The number of methoxy groups -OCH3 is 1. The van der Waals surface area contributed by atoms with E-state index in [1.54, 1.807) is 0 Å². The lowest BCUT2D eigenvalue weighted by molar-refractivity contribution is 0.0697. The summed E-state index contributed by atoms with van der Waals surface area (Å²) in [5, 5.41) is 11.6. The molecule has 20 heavy (non-hydrogen) atoms. The van der Waals surface area contributed by atoms with Gasteiger partial charge < -0.3 is 15.2 Å². The lowest BCUT2D eigenvalue weighted by Crippen LogP contribution is -2.05. The smallest absolute Gasteiger partial charge is 0.337 e. The Hall–Kier alpha value is -2.63. The molecule has 0 saturated heterocycles. The number of anilines is 2. The number of ether oxygens (including phenoxy) is 1. The van der Waals surface area contributed by atoms with E-state index in [1.807, 2.05) is 0 Å². The minimum absolute atomic E-state index is 0.0440. The van der Waals surface area contributed by atoms with Gasteiger partial charge in [-0.05, 0) is 24.3 Å². The highest BCUT2D eigenvalue weighted by atomic mass is 19.1. The number of benzene rings is 2. The molecule has 0 unspecified atom stereocenters. The Morgan fingerprint density at radius 3 is 2.55 bits per heavy atom. The number of carboxylic acid groups (broad SMARTS) is 1. The van der Waals surface area contributed by atoms with Crippen molar-refractivity contribution in [1.82, 2.24) is 0 Å². The second kappa shape index (κ2) is 5.56. The van der Waals surface area contributed by atoms with E-state index in [4.69, 9.17) is 9.84 Å². The molecule has 0 spiro atoms. The largest absolute Gasteiger partial charge is 0.494 e. The minimum atomic E-state index is -1.28. The van der Waals surface area contributed by atoms with Gasteiger partial charge in [0.25, 0.3) is 0 Å². The van der Waals surface area contributed by atoms with Gasteiger partial charge in [0.2, 0.25) is 0 Å². The zero-order chi connectivity index (χ0) is 14.7. The fraction of sp³-hybridized carbons (Fsp3) is 0.0714. The lowest BCUT2D eigenvalue weighted by Gasteiger charge is -2.11. The third-order valence-electron chi connectivity index (χ3n) is 2.67. The Morgan fingerprint density at radius 2 is 1.95 bits per heavy atom. The van der Waals surface area contributed by atoms with Crippen molar-refractivity contribution in [2.75, 3.05) is 12.4 Å². The van der Waals surface area contributed by atoms with Crippen LogP contribution in [0.5, 0.6) is 5.75 Å². The monoisotopic (exact) mass is 279 g/mol. The fourth-order valence-electron chi connectivity index (χ4n) is 1.72. The maximum absolute atomic E-state index is 13.7. The van der Waals surface area contributed by atoms with Crippen molar-refractivity contribution < 1.29 is 23.4 Å². The SMILES string of the molecule is COc1ccc(Nc2c(F)cccc2C(=O)O)cc1F. The molecule has 0 atom stereocenters. The number of carboxylic acids is 1. The van der Waals surface area contributed by atoms with Gasteiger partial charge in [0, 0.05) is 11.8 Å². The normalized spacial score (nSPS) is 10.2. The van der Waals surface area contributed by atoms with E-state index in [0.29, 0.717) is 0 Å². The standard InChI is InChI=1S/C14H11F2NO3/c1-20-12-6-5-8(7-11(12)16)17-13-9(14(18)19)3-2-4-10(13)15/h2-7,17H,1H3,(H,18,19). The summed E-state index contributed by atoms with van der Waals surface area (Å²) in [5.74, 6) is -2.60. The summed E-state index contributed by atoms with van der Waals surface area (Å²) in [6, 6.07) is 7.58. The molecule has 0 amide bonds. The summed E-state index contributed by atoms with van der Waals surface area (Å²) in [4.78, 5) is 11.0. The first-order valence-electron chi connectivity index (χ1n) is 5.65. The van der Waals surface area contributed by atoms with Crippen LogP contribution in [0.15, 0.2) is 36.4 Å². The molecule has 0 fully saturated rings. The predicted molar refractivity (Wildman–Crippen MR) is 69.6 cm³/mol. The van der Waals surface area contributed by atoms with E-state index >= 15 is 0 Å². The number of carbonyl (C=O) groups is 1. The zero-order valence-corrected chi connectivity index (χ0v) is 10.5. The van der Waals surface area contributed by atoms with Crippen LogP contribution in [0.4, 0.5) is 20.2 Å². The molecule has 2 aromatic carbocycles. The average Bonchev–Trinajstić information content (AvgIpc) is 2.41. The maximum atomic E-state index is 13.7. The van der Waals surface area contributed by atoms with Gasteiger partial charge in [-0.3, -0.25) is 0 Å². The summed E-state index contributed by atoms with van der Waals surface area (Å²) in [5.41, 5.74) is -0.235. The Balaban J connectivity index is 2.39. The number of hydrogen-bond acceptors (Lipinski definition) is 3. The number of nitrogens with one attached hydrogen (secondary N) is 1. The van der Waals surface area contributed by atoms with E-state index < -0.39 is 17.6 Å². The molecule has 104 valence electrons. The van der Waals surface area contributed by atoms with E-state index in [1.165, 1.54) is 31.4 Å². The van der Waals surface area contributed by atoms with Gasteiger partial charge in [-0.15, -0.1) is 0 Å². The van der Waals surface area contributed by atoms with Gasteiger partial charge in [-0.1, -0.05) is 6.07 Å². The molecule has 0 aliphatic carbocycles. The van der Waals surface area contributed by atoms with Gasteiger partial charge in [-0.2, -0.15) is 0 Å². The molecule has 2 N–H and O–H groups in total. The van der Waals surface area contributed by atoms with Gasteiger partial charge in [0.05, 0.1) is 18.4 Å². The number of halogens is 2. The molecular weight excluding hydrogens is 268 g/mol. The number of aromatic carboxylic acids is 1. The first kappa shape index (κ1) is 13.8. The van der Waals surface area contributed by atoms with Crippen LogP contribution in [0.1, 0.15) is 10.4 Å². The highest BCUT2D eigenvalue weighted by Gasteiger charge is 2.15. The topological polar surface area (TPSA) is 58.6 Å². The quantitative estimate of drug-likeness (QED) is 0.900. The second-order valence-electron chi connectivity index (χ2n) is 3.94. The summed E-state index contributed by atoms with van der Waals surface area (Å²) >= 11 is 0. The van der Waals surface area contributed by atoms with E-state index in [0.717, 1.165) is 12.1 Å². The van der Waals surface area contributed by atoms with Crippen LogP contribution in [0.25, 0.3) is 0 Å². The van der Waals surface area contributed by atoms with Crippen LogP contribution in [-0.4, -0.2) is 18.2 Å². The zero-order valence-electron chi connectivity index (χ0n) is 10.5. The van der Waals surface area contributed by atoms with Crippen molar-refractivity contribution in [2.24, 2.45) is 0 Å². The Kier molecular flexibility index (Phi) is 3.84. The van der Waals surface area contributed by atoms with Crippen LogP contribution in [0.3, 0.4) is 0 Å². The molecule has 0 aliphatic heterocycles. The molecule has 0 bridgehead atoms. The van der Waals surface area contributed by atoms with Crippen molar-refractivity contribution in [3.05, 3.63) is 53.6 Å². The van der Waals surface area contributed by atoms with Gasteiger partial charge >= 0.3 is 5.97 Å². The second-order valence-corrected chi connectivity index (χ2v) is 3.94. The molecule has 0 aliphatic rings. The van der Waals surface area contributed by atoms with Crippen LogP contribution < -0.4 is 10.1 Å². The maximum Gasteiger partial charge on any atom is 0.337 e. The van der Waals surface area contributed by atoms with Gasteiger partial charge in [0.1, 0.15) is 5.82 Å². The van der Waals surface area contributed by atoms with Crippen molar-refractivity contribution in [3.8, 4) is 5.75 Å². The van der Waals surface area contributed by atoms with Crippen molar-refractivity contribution in [3.63, 3.8) is 0 Å². The number of hydrogen-bond donors (Lipinski definition) is 2.